The molecule has 0 bridgehead atoms. The Morgan fingerprint density at radius 1 is 1.14 bits per heavy atom. The zero-order valence-corrected chi connectivity index (χ0v) is 16.3. The minimum absolute atomic E-state index is 0.103. The van der Waals surface area contributed by atoms with E-state index in [1.54, 1.807) is 6.26 Å². The predicted molar refractivity (Wildman–Crippen MR) is 109 cm³/mol. The predicted octanol–water partition coefficient (Wildman–Crippen LogP) is 3.21. The van der Waals surface area contributed by atoms with E-state index in [-0.39, 0.29) is 12.2 Å². The molecule has 0 spiro atoms. The summed E-state index contributed by atoms with van der Waals surface area (Å²) in [5, 5.41) is 2.78. The fraction of sp³-hybridized carbons (Fsp3) is 0.273. The van der Waals surface area contributed by atoms with Crippen LogP contribution in [-0.2, 0) is 19.3 Å². The van der Waals surface area contributed by atoms with Crippen molar-refractivity contribution >= 4 is 6.03 Å². The molecular formula is C22H24N4O3. The molecule has 1 aliphatic heterocycles. The first kappa shape index (κ1) is 19.0. The molecule has 7 nitrogen and oxygen atoms in total. The molecule has 1 unspecified atom stereocenters. The Bertz CT molecular complexity index is 968. The van der Waals surface area contributed by atoms with Crippen molar-refractivity contribution < 1.29 is 13.9 Å². The van der Waals surface area contributed by atoms with Gasteiger partial charge in [0.2, 0.25) is 5.89 Å². The lowest BCUT2D eigenvalue weighted by Crippen LogP contribution is -2.35. The first-order chi connectivity index (χ1) is 14.2. The first-order valence-electron chi connectivity index (χ1n) is 9.77. The number of carbonyl (C=O) groups excluding carboxylic acids is 1. The first-order valence-corrected chi connectivity index (χ1v) is 9.77. The van der Waals surface area contributed by atoms with Crippen molar-refractivity contribution in [1.29, 1.82) is 0 Å². The maximum Gasteiger partial charge on any atom is 0.330 e. The lowest BCUT2D eigenvalue weighted by atomic mass is 10.1. The highest BCUT2D eigenvalue weighted by Gasteiger charge is 2.19. The average molecular weight is 392 g/mol. The number of ether oxygens (including phenoxy) is 1. The van der Waals surface area contributed by atoms with E-state index in [1.807, 2.05) is 36.4 Å². The number of hydrogen-bond acceptors (Lipinski definition) is 5. The van der Waals surface area contributed by atoms with Crippen molar-refractivity contribution in [3.05, 3.63) is 71.6 Å². The molecule has 4 rings (SSSR count). The Hall–Kier alpha value is -3.32. The quantitative estimate of drug-likeness (QED) is 0.548. The summed E-state index contributed by atoms with van der Waals surface area (Å²) in [4.78, 5) is 15.7. The Labute approximate surface area is 169 Å². The number of benzene rings is 2. The number of nitrogens with one attached hydrogen (secondary N) is 3. The van der Waals surface area contributed by atoms with Crippen molar-refractivity contribution in [2.45, 2.75) is 32.4 Å². The number of carbonyl (C=O) groups is 1. The van der Waals surface area contributed by atoms with E-state index in [2.05, 4.69) is 40.2 Å². The molecule has 2 heterocycles. The maximum atomic E-state index is 11.1. The summed E-state index contributed by atoms with van der Waals surface area (Å²) in [6, 6.07) is 15.9. The van der Waals surface area contributed by atoms with Gasteiger partial charge in [-0.3, -0.25) is 5.43 Å². The van der Waals surface area contributed by atoms with Crippen LogP contribution >= 0.6 is 0 Å². The Kier molecular flexibility index (Phi) is 5.76. The number of oxazole rings is 1. The van der Waals surface area contributed by atoms with Crippen LogP contribution in [0.5, 0.6) is 5.75 Å². The van der Waals surface area contributed by atoms with E-state index in [4.69, 9.17) is 9.15 Å². The molecule has 150 valence electrons. The van der Waals surface area contributed by atoms with Crippen LogP contribution in [0.25, 0.3) is 11.5 Å². The van der Waals surface area contributed by atoms with Crippen LogP contribution in [0.4, 0.5) is 4.79 Å². The van der Waals surface area contributed by atoms with Gasteiger partial charge in [0.25, 0.3) is 0 Å². The molecule has 2 aromatic carbocycles. The van der Waals surface area contributed by atoms with Gasteiger partial charge in [-0.15, -0.1) is 0 Å². The van der Waals surface area contributed by atoms with Gasteiger partial charge in [0.15, 0.2) is 0 Å². The minimum atomic E-state index is -0.205. The van der Waals surface area contributed by atoms with Crippen molar-refractivity contribution in [3.63, 3.8) is 0 Å². The second-order valence-electron chi connectivity index (χ2n) is 6.94. The third-order valence-electron chi connectivity index (χ3n) is 4.79. The Morgan fingerprint density at radius 3 is 2.76 bits per heavy atom. The molecule has 3 aromatic rings. The lowest BCUT2D eigenvalue weighted by Gasteiger charge is -2.10. The van der Waals surface area contributed by atoms with E-state index in [9.17, 15) is 4.79 Å². The minimum Gasteiger partial charge on any atom is -0.493 e. The SMILES string of the molecule is CCc1cccc(-c2nc(CCOc3ccc(CC4NNC(=O)N4)cc3)co2)c1. The normalized spacial score (nSPS) is 15.8. The second kappa shape index (κ2) is 8.79. The highest BCUT2D eigenvalue weighted by atomic mass is 16.5. The van der Waals surface area contributed by atoms with E-state index in [1.165, 1.54) is 5.56 Å². The van der Waals surface area contributed by atoms with Crippen LogP contribution in [0, 0.1) is 0 Å². The third kappa shape index (κ3) is 4.94. The topological polar surface area (TPSA) is 88.4 Å². The number of urea groups is 1. The van der Waals surface area contributed by atoms with E-state index >= 15 is 0 Å². The number of amides is 2. The van der Waals surface area contributed by atoms with Crippen molar-refractivity contribution in [2.75, 3.05) is 6.61 Å². The summed E-state index contributed by atoms with van der Waals surface area (Å²) in [5.41, 5.74) is 9.64. The van der Waals surface area contributed by atoms with E-state index in [0.717, 1.165) is 29.0 Å². The Balaban J connectivity index is 1.27. The highest BCUT2D eigenvalue weighted by molar-refractivity contribution is 5.75. The third-order valence-corrected chi connectivity index (χ3v) is 4.79. The summed E-state index contributed by atoms with van der Waals surface area (Å²) in [7, 11) is 0. The monoisotopic (exact) mass is 392 g/mol. The summed E-state index contributed by atoms with van der Waals surface area (Å²) in [6.45, 7) is 2.65. The summed E-state index contributed by atoms with van der Waals surface area (Å²) in [6.07, 6.45) is 3.94. The molecule has 1 aliphatic rings. The smallest absolute Gasteiger partial charge is 0.330 e. The van der Waals surface area contributed by atoms with Crippen LogP contribution < -0.4 is 20.9 Å². The van der Waals surface area contributed by atoms with Crippen LogP contribution in [-0.4, -0.2) is 23.8 Å². The van der Waals surface area contributed by atoms with Gasteiger partial charge in [-0.25, -0.2) is 15.2 Å². The molecule has 0 radical (unpaired) electrons. The van der Waals surface area contributed by atoms with Gasteiger partial charge in [-0.1, -0.05) is 31.2 Å². The molecule has 3 N–H and O–H groups in total. The second-order valence-corrected chi connectivity index (χ2v) is 6.94. The summed E-state index contributed by atoms with van der Waals surface area (Å²) < 4.78 is 11.5. The van der Waals surface area contributed by atoms with Gasteiger partial charge >= 0.3 is 6.03 Å². The van der Waals surface area contributed by atoms with Crippen molar-refractivity contribution in [2.24, 2.45) is 0 Å². The van der Waals surface area contributed by atoms with Crippen LogP contribution in [0.1, 0.15) is 23.7 Å². The van der Waals surface area contributed by atoms with Crippen LogP contribution in [0.2, 0.25) is 0 Å². The summed E-state index contributed by atoms with van der Waals surface area (Å²) in [5.74, 6) is 1.44. The van der Waals surface area contributed by atoms with Crippen LogP contribution in [0.15, 0.2) is 59.2 Å². The zero-order chi connectivity index (χ0) is 20.1. The molecule has 1 saturated heterocycles. The number of aromatic nitrogens is 1. The molecule has 0 saturated carbocycles. The largest absolute Gasteiger partial charge is 0.493 e. The molecule has 1 fully saturated rings. The van der Waals surface area contributed by atoms with Gasteiger partial charge in [0.1, 0.15) is 18.2 Å². The average Bonchev–Trinajstić information content (AvgIpc) is 3.38. The van der Waals surface area contributed by atoms with Gasteiger partial charge in [0, 0.05) is 18.4 Å². The van der Waals surface area contributed by atoms with Crippen molar-refractivity contribution in [3.8, 4) is 17.2 Å². The van der Waals surface area contributed by atoms with Crippen molar-refractivity contribution in [1.82, 2.24) is 21.2 Å². The van der Waals surface area contributed by atoms with E-state index in [0.29, 0.717) is 25.3 Å². The zero-order valence-electron chi connectivity index (χ0n) is 16.3. The lowest BCUT2D eigenvalue weighted by molar-refractivity contribution is 0.247. The molecule has 2 amide bonds. The van der Waals surface area contributed by atoms with Gasteiger partial charge in [-0.05, 0) is 41.8 Å². The number of aryl methyl sites for hydroxylation is 1. The maximum absolute atomic E-state index is 11.1. The molecule has 1 atom stereocenters. The standard InChI is InChI=1S/C22H24N4O3/c1-2-15-4-3-5-17(12-15)21-23-18(14-29-21)10-11-28-19-8-6-16(7-9-19)13-20-24-22(27)26-25-20/h3-9,12,14,20,25H,2,10-11,13H2,1H3,(H2,24,26,27). The van der Waals surface area contributed by atoms with Crippen LogP contribution in [0.3, 0.4) is 0 Å². The number of hydrazine groups is 1. The molecule has 29 heavy (non-hydrogen) atoms. The molecule has 0 aliphatic carbocycles. The van der Waals surface area contributed by atoms with Gasteiger partial charge < -0.3 is 14.5 Å². The van der Waals surface area contributed by atoms with E-state index < -0.39 is 0 Å². The molecular weight excluding hydrogens is 368 g/mol. The summed E-state index contributed by atoms with van der Waals surface area (Å²) >= 11 is 0. The molecule has 1 aromatic heterocycles. The fourth-order valence-electron chi connectivity index (χ4n) is 3.19. The number of hydrogen-bond donors (Lipinski definition) is 3. The highest BCUT2D eigenvalue weighted by Crippen LogP contribution is 2.21. The van der Waals surface area contributed by atoms with Gasteiger partial charge in [-0.2, -0.15) is 0 Å². The fourth-order valence-corrected chi connectivity index (χ4v) is 3.19. The molecule has 7 heteroatoms. The van der Waals surface area contributed by atoms with Gasteiger partial charge in [0.05, 0.1) is 12.3 Å². The number of rotatable bonds is 8. The number of nitrogens with zero attached hydrogens (tertiary/aromatic N) is 1. The Morgan fingerprint density at radius 2 is 2.00 bits per heavy atom.